The van der Waals surface area contributed by atoms with Gasteiger partial charge in [0.05, 0.1) is 19.9 Å². The maximum atomic E-state index is 5.50. The summed E-state index contributed by atoms with van der Waals surface area (Å²) in [7, 11) is 3.26. The van der Waals surface area contributed by atoms with Gasteiger partial charge in [0.15, 0.2) is 4.77 Å². The molecule has 0 atom stereocenters. The Morgan fingerprint density at radius 1 is 1.04 bits per heavy atom. The van der Waals surface area contributed by atoms with E-state index in [-0.39, 0.29) is 0 Å². The third-order valence-corrected chi connectivity index (χ3v) is 4.12. The second-order valence-electron chi connectivity index (χ2n) is 5.30. The van der Waals surface area contributed by atoms with Crippen LogP contribution in [0.3, 0.4) is 0 Å². The smallest absolute Gasteiger partial charge is 0.199 e. The van der Waals surface area contributed by atoms with Gasteiger partial charge in [-0.15, -0.1) is 0 Å². The van der Waals surface area contributed by atoms with Crippen molar-refractivity contribution in [2.45, 2.75) is 12.8 Å². The predicted molar refractivity (Wildman–Crippen MR) is 95.7 cm³/mol. The fourth-order valence-corrected chi connectivity index (χ4v) is 2.87. The van der Waals surface area contributed by atoms with Crippen molar-refractivity contribution in [1.82, 2.24) is 14.8 Å². The van der Waals surface area contributed by atoms with Crippen LogP contribution in [0.5, 0.6) is 11.5 Å². The zero-order valence-corrected chi connectivity index (χ0v) is 14.5. The van der Waals surface area contributed by atoms with Crippen molar-refractivity contribution in [3.8, 4) is 17.2 Å². The van der Waals surface area contributed by atoms with Crippen molar-refractivity contribution >= 4 is 12.2 Å². The summed E-state index contributed by atoms with van der Waals surface area (Å²) in [6, 6.07) is 16.0. The number of methoxy groups -OCH3 is 2. The fourth-order valence-electron chi connectivity index (χ4n) is 2.62. The minimum Gasteiger partial charge on any atom is -0.497 e. The summed E-state index contributed by atoms with van der Waals surface area (Å²) in [4.78, 5) is 0. The molecule has 0 amide bonds. The Bertz CT molecular complexity index is 871. The number of nitrogens with zero attached hydrogens (tertiary/aromatic N) is 2. The first-order valence-electron chi connectivity index (χ1n) is 7.65. The molecule has 0 aliphatic carbocycles. The first kappa shape index (κ1) is 16.3. The summed E-state index contributed by atoms with van der Waals surface area (Å²) in [5.41, 5.74) is 2.11. The molecule has 0 aliphatic heterocycles. The molecule has 0 saturated heterocycles. The van der Waals surface area contributed by atoms with Crippen LogP contribution >= 0.6 is 12.2 Å². The average Bonchev–Trinajstić information content (AvgIpc) is 3.00. The van der Waals surface area contributed by atoms with E-state index in [9.17, 15) is 0 Å². The van der Waals surface area contributed by atoms with Gasteiger partial charge >= 0.3 is 0 Å². The van der Waals surface area contributed by atoms with Crippen LogP contribution in [0.1, 0.15) is 11.4 Å². The van der Waals surface area contributed by atoms with Crippen molar-refractivity contribution in [2.75, 3.05) is 14.2 Å². The zero-order chi connectivity index (χ0) is 16.9. The lowest BCUT2D eigenvalue weighted by Crippen LogP contribution is -2.05. The van der Waals surface area contributed by atoms with Gasteiger partial charge in [0.25, 0.3) is 0 Å². The Morgan fingerprint density at radius 3 is 2.54 bits per heavy atom. The molecule has 0 saturated carbocycles. The first-order valence-corrected chi connectivity index (χ1v) is 8.06. The van der Waals surface area contributed by atoms with Gasteiger partial charge in [-0.05, 0) is 36.3 Å². The van der Waals surface area contributed by atoms with E-state index in [4.69, 9.17) is 21.7 Å². The molecule has 0 fully saturated rings. The van der Waals surface area contributed by atoms with Crippen LogP contribution < -0.4 is 9.47 Å². The molecule has 0 radical (unpaired) electrons. The highest BCUT2D eigenvalue weighted by Crippen LogP contribution is 2.29. The lowest BCUT2D eigenvalue weighted by Gasteiger charge is -2.13. The molecule has 3 rings (SSSR count). The van der Waals surface area contributed by atoms with Crippen molar-refractivity contribution in [2.24, 2.45) is 0 Å². The molecule has 6 heteroatoms. The number of aromatic amines is 1. The second kappa shape index (κ2) is 7.31. The maximum absolute atomic E-state index is 5.50. The summed E-state index contributed by atoms with van der Waals surface area (Å²) in [5.74, 6) is 2.29. The van der Waals surface area contributed by atoms with Crippen LogP contribution in [0.4, 0.5) is 0 Å². The molecular formula is C18H19N3O2S. The van der Waals surface area contributed by atoms with E-state index < -0.39 is 0 Å². The van der Waals surface area contributed by atoms with E-state index in [2.05, 4.69) is 22.3 Å². The number of aryl methyl sites for hydroxylation is 2. The van der Waals surface area contributed by atoms with Gasteiger partial charge in [-0.1, -0.05) is 30.3 Å². The highest BCUT2D eigenvalue weighted by Gasteiger charge is 2.13. The third kappa shape index (κ3) is 3.33. The van der Waals surface area contributed by atoms with E-state index in [1.807, 2.05) is 41.0 Å². The molecule has 0 spiro atoms. The summed E-state index contributed by atoms with van der Waals surface area (Å²) >= 11 is 5.41. The quantitative estimate of drug-likeness (QED) is 0.694. The monoisotopic (exact) mass is 341 g/mol. The van der Waals surface area contributed by atoms with Crippen LogP contribution in [-0.4, -0.2) is 29.0 Å². The van der Waals surface area contributed by atoms with E-state index in [1.165, 1.54) is 5.56 Å². The number of rotatable bonds is 6. The molecule has 2 aromatic carbocycles. The Balaban J connectivity index is 1.94. The summed E-state index contributed by atoms with van der Waals surface area (Å²) < 4.78 is 13.2. The topological polar surface area (TPSA) is 52.1 Å². The molecular weight excluding hydrogens is 322 g/mol. The largest absolute Gasteiger partial charge is 0.497 e. The fraction of sp³-hybridized carbons (Fsp3) is 0.222. The van der Waals surface area contributed by atoms with E-state index >= 15 is 0 Å². The van der Waals surface area contributed by atoms with Gasteiger partial charge in [-0.2, -0.15) is 5.10 Å². The molecule has 1 heterocycles. The van der Waals surface area contributed by atoms with Gasteiger partial charge < -0.3 is 9.47 Å². The number of aromatic nitrogens is 3. The van der Waals surface area contributed by atoms with Gasteiger partial charge in [-0.3, -0.25) is 9.67 Å². The number of hydrogen-bond donors (Lipinski definition) is 1. The molecule has 3 aromatic rings. The van der Waals surface area contributed by atoms with Gasteiger partial charge in [0.1, 0.15) is 17.3 Å². The summed E-state index contributed by atoms with van der Waals surface area (Å²) in [5, 5.41) is 7.27. The highest BCUT2D eigenvalue weighted by atomic mass is 32.1. The van der Waals surface area contributed by atoms with E-state index in [0.717, 1.165) is 30.1 Å². The van der Waals surface area contributed by atoms with Crippen LogP contribution in [-0.2, 0) is 12.8 Å². The molecule has 1 aromatic heterocycles. The zero-order valence-electron chi connectivity index (χ0n) is 13.7. The van der Waals surface area contributed by atoms with E-state index in [0.29, 0.717) is 10.5 Å². The lowest BCUT2D eigenvalue weighted by atomic mass is 10.1. The Kier molecular flexibility index (Phi) is 4.96. The number of H-pyrrole nitrogens is 1. The summed E-state index contributed by atoms with van der Waals surface area (Å²) in [6.45, 7) is 0. The van der Waals surface area contributed by atoms with Crippen LogP contribution in [0.15, 0.2) is 48.5 Å². The minimum absolute atomic E-state index is 0.543. The maximum Gasteiger partial charge on any atom is 0.199 e. The first-order chi connectivity index (χ1) is 11.7. The minimum atomic E-state index is 0.543. The second-order valence-corrected chi connectivity index (χ2v) is 5.69. The Labute approximate surface area is 145 Å². The molecule has 24 heavy (non-hydrogen) atoms. The van der Waals surface area contributed by atoms with Crippen LogP contribution in [0, 0.1) is 4.77 Å². The number of ether oxygens (including phenoxy) is 2. The van der Waals surface area contributed by atoms with Gasteiger partial charge in [0.2, 0.25) is 0 Å². The predicted octanol–water partition coefficient (Wildman–Crippen LogP) is 3.73. The van der Waals surface area contributed by atoms with E-state index in [1.54, 1.807) is 14.2 Å². The molecule has 0 aliphatic rings. The molecule has 124 valence electrons. The van der Waals surface area contributed by atoms with Crippen LogP contribution in [0.2, 0.25) is 0 Å². The average molecular weight is 341 g/mol. The number of nitrogens with one attached hydrogen (secondary N) is 1. The van der Waals surface area contributed by atoms with Gasteiger partial charge in [-0.25, -0.2) is 0 Å². The van der Waals surface area contributed by atoms with Crippen molar-refractivity contribution in [3.63, 3.8) is 0 Å². The number of benzene rings is 2. The Morgan fingerprint density at radius 2 is 1.83 bits per heavy atom. The Hall–Kier alpha value is -2.60. The summed E-state index contributed by atoms with van der Waals surface area (Å²) in [6.07, 6.45) is 1.66. The van der Waals surface area contributed by atoms with Crippen molar-refractivity contribution in [3.05, 3.63) is 64.7 Å². The SMILES string of the molecule is COc1ccc(-n2c(CCc3ccccc3)n[nH]c2=S)c(OC)c1. The molecule has 0 bridgehead atoms. The molecule has 5 nitrogen and oxygen atoms in total. The third-order valence-electron chi connectivity index (χ3n) is 3.85. The standard InChI is InChI=1S/C18H19N3O2S/c1-22-14-9-10-15(16(12-14)23-2)21-17(19-20-18(21)24)11-8-13-6-4-3-5-7-13/h3-7,9-10,12H,8,11H2,1-2H3,(H,20,24). The van der Waals surface area contributed by atoms with Crippen molar-refractivity contribution < 1.29 is 9.47 Å². The molecule has 0 unspecified atom stereocenters. The van der Waals surface area contributed by atoms with Gasteiger partial charge in [0, 0.05) is 12.5 Å². The lowest BCUT2D eigenvalue weighted by molar-refractivity contribution is 0.393. The van der Waals surface area contributed by atoms with Crippen molar-refractivity contribution in [1.29, 1.82) is 0 Å². The highest BCUT2D eigenvalue weighted by molar-refractivity contribution is 7.71. The van der Waals surface area contributed by atoms with Crippen LogP contribution in [0.25, 0.3) is 5.69 Å². The normalized spacial score (nSPS) is 10.6. The molecule has 1 N–H and O–H groups in total. The number of hydrogen-bond acceptors (Lipinski definition) is 4.